The molecule has 3 rings (SSSR count). The fraction of sp³-hybridized carbons (Fsp3) is 0.143. The number of halogens is 2. The SMILES string of the molecule is COC(=O)c1ccc(N=Cc2cc(C)n(-c3ccc(F)cc3)c2C)cc1Cl. The minimum absolute atomic E-state index is 0.268. The lowest BCUT2D eigenvalue weighted by Gasteiger charge is -2.09. The van der Waals surface area contributed by atoms with Crippen LogP contribution in [0.3, 0.4) is 0 Å². The van der Waals surface area contributed by atoms with Crippen molar-refractivity contribution in [3.8, 4) is 5.69 Å². The highest BCUT2D eigenvalue weighted by Crippen LogP contribution is 2.25. The first-order valence-electron chi connectivity index (χ1n) is 8.27. The van der Waals surface area contributed by atoms with E-state index < -0.39 is 5.97 Å². The normalized spacial score (nSPS) is 11.1. The highest BCUT2D eigenvalue weighted by molar-refractivity contribution is 6.33. The zero-order valence-electron chi connectivity index (χ0n) is 15.2. The van der Waals surface area contributed by atoms with Crippen LogP contribution >= 0.6 is 11.6 Å². The van der Waals surface area contributed by atoms with Crippen molar-refractivity contribution in [2.24, 2.45) is 4.99 Å². The van der Waals surface area contributed by atoms with Crippen molar-refractivity contribution in [3.63, 3.8) is 0 Å². The molecule has 6 heteroatoms. The monoisotopic (exact) mass is 384 g/mol. The molecule has 2 aromatic carbocycles. The van der Waals surface area contributed by atoms with Gasteiger partial charge in [0.1, 0.15) is 5.82 Å². The van der Waals surface area contributed by atoms with Crippen LogP contribution in [0.1, 0.15) is 27.3 Å². The molecule has 1 aromatic heterocycles. The summed E-state index contributed by atoms with van der Waals surface area (Å²) in [6.07, 6.45) is 1.74. The summed E-state index contributed by atoms with van der Waals surface area (Å²) in [4.78, 5) is 16.0. The fourth-order valence-electron chi connectivity index (χ4n) is 2.91. The standard InChI is InChI=1S/C21H18ClFN2O2/c1-13-10-15(14(2)25(13)18-7-4-16(23)5-8-18)12-24-17-6-9-19(20(22)11-17)21(26)27-3/h4-12H,1-3H3. The lowest BCUT2D eigenvalue weighted by molar-refractivity contribution is 0.0601. The van der Waals surface area contributed by atoms with Crippen LogP contribution in [0.25, 0.3) is 5.69 Å². The number of rotatable bonds is 4. The molecule has 0 N–H and O–H groups in total. The van der Waals surface area contributed by atoms with Gasteiger partial charge in [0.2, 0.25) is 0 Å². The van der Waals surface area contributed by atoms with Crippen molar-refractivity contribution < 1.29 is 13.9 Å². The van der Waals surface area contributed by atoms with Gasteiger partial charge in [-0.1, -0.05) is 11.6 Å². The van der Waals surface area contributed by atoms with Crippen LogP contribution in [0, 0.1) is 19.7 Å². The molecule has 3 aromatic rings. The Morgan fingerprint density at radius 3 is 2.48 bits per heavy atom. The number of aromatic nitrogens is 1. The number of nitrogens with zero attached hydrogens (tertiary/aromatic N) is 2. The number of benzene rings is 2. The van der Waals surface area contributed by atoms with Crippen molar-refractivity contribution in [3.05, 3.63) is 81.9 Å². The highest BCUT2D eigenvalue weighted by Gasteiger charge is 2.12. The van der Waals surface area contributed by atoms with Gasteiger partial charge in [-0.25, -0.2) is 9.18 Å². The maximum absolute atomic E-state index is 13.2. The average molecular weight is 385 g/mol. The molecule has 0 saturated heterocycles. The van der Waals surface area contributed by atoms with Gasteiger partial charge in [-0.2, -0.15) is 0 Å². The van der Waals surface area contributed by atoms with E-state index in [4.69, 9.17) is 11.6 Å². The number of methoxy groups -OCH3 is 1. The molecule has 1 heterocycles. The second-order valence-electron chi connectivity index (χ2n) is 6.05. The minimum Gasteiger partial charge on any atom is -0.465 e. The topological polar surface area (TPSA) is 43.6 Å². The second kappa shape index (κ2) is 7.76. The Hall–Kier alpha value is -2.92. The van der Waals surface area contributed by atoms with Crippen molar-refractivity contribution in [1.29, 1.82) is 0 Å². The fourth-order valence-corrected chi connectivity index (χ4v) is 3.16. The summed E-state index contributed by atoms with van der Waals surface area (Å²) in [7, 11) is 1.31. The lowest BCUT2D eigenvalue weighted by atomic mass is 10.2. The van der Waals surface area contributed by atoms with E-state index >= 15 is 0 Å². The Balaban J connectivity index is 1.90. The summed E-state index contributed by atoms with van der Waals surface area (Å²) < 4.78 is 19.9. The van der Waals surface area contributed by atoms with E-state index in [0.29, 0.717) is 11.3 Å². The predicted octanol–water partition coefficient (Wildman–Crippen LogP) is 5.42. The molecule has 27 heavy (non-hydrogen) atoms. The van der Waals surface area contributed by atoms with Crippen LogP contribution in [-0.2, 0) is 4.74 Å². The summed E-state index contributed by atoms with van der Waals surface area (Å²) in [6.45, 7) is 3.96. The Bertz CT molecular complexity index is 1020. The summed E-state index contributed by atoms with van der Waals surface area (Å²) in [5.41, 5.74) is 4.74. The van der Waals surface area contributed by atoms with Gasteiger partial charge in [0, 0.05) is 28.9 Å². The second-order valence-corrected chi connectivity index (χ2v) is 6.46. The number of carbonyl (C=O) groups excluding carboxylic acids is 1. The Kier molecular flexibility index (Phi) is 5.42. The van der Waals surface area contributed by atoms with Gasteiger partial charge in [-0.15, -0.1) is 0 Å². The number of aliphatic imine (C=N–C) groups is 1. The lowest BCUT2D eigenvalue weighted by Crippen LogP contribution is -2.01. The average Bonchev–Trinajstić information content (AvgIpc) is 2.94. The Morgan fingerprint density at radius 1 is 1.15 bits per heavy atom. The van der Waals surface area contributed by atoms with Gasteiger partial charge in [-0.3, -0.25) is 4.99 Å². The number of hydrogen-bond acceptors (Lipinski definition) is 3. The summed E-state index contributed by atoms with van der Waals surface area (Å²) in [6, 6.07) is 13.3. The van der Waals surface area contributed by atoms with Gasteiger partial charge in [0.15, 0.2) is 0 Å². The Labute approximate surface area is 161 Å². The zero-order valence-corrected chi connectivity index (χ0v) is 15.9. The molecule has 0 atom stereocenters. The molecular formula is C21H18ClFN2O2. The van der Waals surface area contributed by atoms with E-state index in [2.05, 4.69) is 9.73 Å². The van der Waals surface area contributed by atoms with Gasteiger partial charge in [-0.05, 0) is 62.4 Å². The molecule has 0 radical (unpaired) electrons. The summed E-state index contributed by atoms with van der Waals surface area (Å²) in [5.74, 6) is -0.756. The van der Waals surface area contributed by atoms with Crippen LogP contribution in [-0.4, -0.2) is 23.9 Å². The molecule has 0 aliphatic carbocycles. The van der Waals surface area contributed by atoms with Gasteiger partial charge < -0.3 is 9.30 Å². The van der Waals surface area contributed by atoms with E-state index in [1.54, 1.807) is 36.5 Å². The molecule has 0 aliphatic rings. The first kappa shape index (κ1) is 18.9. The number of esters is 1. The summed E-state index contributed by atoms with van der Waals surface area (Å²) in [5, 5.41) is 0.285. The molecule has 0 fully saturated rings. The molecule has 0 bridgehead atoms. The molecular weight excluding hydrogens is 367 g/mol. The maximum Gasteiger partial charge on any atom is 0.339 e. The number of hydrogen-bond donors (Lipinski definition) is 0. The number of carbonyl (C=O) groups is 1. The van der Waals surface area contributed by atoms with Crippen LogP contribution in [0.15, 0.2) is 53.5 Å². The molecule has 0 saturated carbocycles. The predicted molar refractivity (Wildman–Crippen MR) is 105 cm³/mol. The molecule has 0 amide bonds. The highest BCUT2D eigenvalue weighted by atomic mass is 35.5. The maximum atomic E-state index is 13.2. The van der Waals surface area contributed by atoms with E-state index in [1.165, 1.54) is 19.2 Å². The van der Waals surface area contributed by atoms with Crippen LogP contribution < -0.4 is 0 Å². The minimum atomic E-state index is -0.488. The summed E-state index contributed by atoms with van der Waals surface area (Å²) >= 11 is 6.13. The smallest absolute Gasteiger partial charge is 0.339 e. The zero-order chi connectivity index (χ0) is 19.6. The molecule has 0 aliphatic heterocycles. The van der Waals surface area contributed by atoms with Crippen LogP contribution in [0.5, 0.6) is 0 Å². The van der Waals surface area contributed by atoms with Gasteiger partial charge in [0.05, 0.1) is 23.4 Å². The van der Waals surface area contributed by atoms with Crippen molar-refractivity contribution >= 4 is 29.5 Å². The largest absolute Gasteiger partial charge is 0.465 e. The number of ether oxygens (including phenoxy) is 1. The molecule has 0 spiro atoms. The van der Waals surface area contributed by atoms with Crippen molar-refractivity contribution in [1.82, 2.24) is 4.57 Å². The van der Waals surface area contributed by atoms with E-state index in [0.717, 1.165) is 22.6 Å². The van der Waals surface area contributed by atoms with Gasteiger partial charge >= 0.3 is 5.97 Å². The first-order valence-corrected chi connectivity index (χ1v) is 8.65. The first-order chi connectivity index (χ1) is 12.9. The van der Waals surface area contributed by atoms with E-state index in [9.17, 15) is 9.18 Å². The molecule has 4 nitrogen and oxygen atoms in total. The third kappa shape index (κ3) is 3.93. The van der Waals surface area contributed by atoms with Crippen LogP contribution in [0.2, 0.25) is 5.02 Å². The third-order valence-electron chi connectivity index (χ3n) is 4.27. The van der Waals surface area contributed by atoms with E-state index in [1.807, 2.05) is 24.5 Å². The van der Waals surface area contributed by atoms with E-state index in [-0.39, 0.29) is 10.8 Å². The Morgan fingerprint density at radius 2 is 1.85 bits per heavy atom. The molecule has 138 valence electrons. The number of aryl methyl sites for hydroxylation is 1. The van der Waals surface area contributed by atoms with Crippen molar-refractivity contribution in [2.75, 3.05) is 7.11 Å². The van der Waals surface area contributed by atoms with Gasteiger partial charge in [0.25, 0.3) is 0 Å². The van der Waals surface area contributed by atoms with Crippen molar-refractivity contribution in [2.45, 2.75) is 13.8 Å². The third-order valence-corrected chi connectivity index (χ3v) is 4.58. The molecule has 0 unspecified atom stereocenters. The van der Waals surface area contributed by atoms with Crippen LogP contribution in [0.4, 0.5) is 10.1 Å². The quantitative estimate of drug-likeness (QED) is 0.445.